The van der Waals surface area contributed by atoms with Gasteiger partial charge in [-0.15, -0.1) is 11.6 Å². The van der Waals surface area contributed by atoms with Crippen molar-refractivity contribution in [2.45, 2.75) is 37.8 Å². The molecule has 1 aliphatic heterocycles. The maximum Gasteiger partial charge on any atom is 0.329 e. The lowest BCUT2D eigenvalue weighted by Crippen LogP contribution is -2.56. The van der Waals surface area contributed by atoms with E-state index in [-0.39, 0.29) is 26.1 Å². The molecule has 8 heteroatoms. The van der Waals surface area contributed by atoms with Gasteiger partial charge in [-0.05, 0) is 13.8 Å². The Labute approximate surface area is 121 Å². The Morgan fingerprint density at radius 1 is 1.40 bits per heavy atom. The lowest BCUT2D eigenvalue weighted by Gasteiger charge is -2.35. The maximum atomic E-state index is 11.8. The minimum absolute atomic E-state index is 0.00146. The Hall–Kier alpha value is -1.34. The standard InChI is InChI=1S/C12H18ClNO6/c1-3-19-9(16)7-14-8(15)5-6-12(14,18)10(13)11(17)20-4-2/h10,18H,3-7H2,1-2H3. The highest BCUT2D eigenvalue weighted by molar-refractivity contribution is 6.31. The maximum absolute atomic E-state index is 11.8. The number of rotatable bonds is 6. The molecule has 1 heterocycles. The molecule has 1 amide bonds. The van der Waals surface area contributed by atoms with Crippen molar-refractivity contribution in [1.29, 1.82) is 0 Å². The van der Waals surface area contributed by atoms with Crippen LogP contribution in [0.15, 0.2) is 0 Å². The fourth-order valence-corrected chi connectivity index (χ4v) is 2.30. The number of alkyl halides is 1. The average molecular weight is 308 g/mol. The van der Waals surface area contributed by atoms with Gasteiger partial charge in [0.15, 0.2) is 11.1 Å². The van der Waals surface area contributed by atoms with Crippen LogP contribution in [0.1, 0.15) is 26.7 Å². The fourth-order valence-electron chi connectivity index (χ4n) is 2.01. The second kappa shape index (κ2) is 6.90. The van der Waals surface area contributed by atoms with Gasteiger partial charge in [-0.2, -0.15) is 0 Å². The van der Waals surface area contributed by atoms with Gasteiger partial charge in [-0.25, -0.2) is 0 Å². The number of esters is 2. The summed E-state index contributed by atoms with van der Waals surface area (Å²) in [5.74, 6) is -1.97. The number of amides is 1. The minimum Gasteiger partial charge on any atom is -0.465 e. The number of nitrogens with zero attached hydrogens (tertiary/aromatic N) is 1. The zero-order chi connectivity index (χ0) is 15.3. The molecule has 1 fully saturated rings. The van der Waals surface area contributed by atoms with Crippen LogP contribution >= 0.6 is 11.6 Å². The SMILES string of the molecule is CCOC(=O)CN1C(=O)CCC1(O)C(Cl)C(=O)OCC. The molecule has 20 heavy (non-hydrogen) atoms. The van der Waals surface area contributed by atoms with E-state index in [1.54, 1.807) is 13.8 Å². The lowest BCUT2D eigenvalue weighted by molar-refractivity contribution is -0.168. The van der Waals surface area contributed by atoms with Crippen LogP contribution in [0.4, 0.5) is 0 Å². The number of carbonyl (C=O) groups is 3. The van der Waals surface area contributed by atoms with Gasteiger partial charge < -0.3 is 19.5 Å². The smallest absolute Gasteiger partial charge is 0.329 e. The van der Waals surface area contributed by atoms with Crippen molar-refractivity contribution in [3.8, 4) is 0 Å². The van der Waals surface area contributed by atoms with E-state index in [2.05, 4.69) is 0 Å². The number of aliphatic hydroxyl groups is 1. The molecule has 0 aromatic heterocycles. The first-order valence-electron chi connectivity index (χ1n) is 6.36. The first kappa shape index (κ1) is 16.7. The quantitative estimate of drug-likeness (QED) is 0.550. The number of hydrogen-bond acceptors (Lipinski definition) is 6. The van der Waals surface area contributed by atoms with Crippen LogP contribution in [0.2, 0.25) is 0 Å². The van der Waals surface area contributed by atoms with Gasteiger partial charge in [-0.3, -0.25) is 14.4 Å². The Morgan fingerprint density at radius 2 is 2.00 bits per heavy atom. The molecule has 0 aromatic carbocycles. The highest BCUT2D eigenvalue weighted by atomic mass is 35.5. The first-order valence-corrected chi connectivity index (χ1v) is 6.79. The second-order valence-corrected chi connectivity index (χ2v) is 4.71. The van der Waals surface area contributed by atoms with Crippen LogP contribution in [-0.2, 0) is 23.9 Å². The average Bonchev–Trinajstić information content (AvgIpc) is 2.68. The van der Waals surface area contributed by atoms with E-state index >= 15 is 0 Å². The van der Waals surface area contributed by atoms with Crippen LogP contribution in [0.5, 0.6) is 0 Å². The molecule has 2 unspecified atom stereocenters. The molecule has 1 saturated heterocycles. The first-order chi connectivity index (χ1) is 9.36. The summed E-state index contributed by atoms with van der Waals surface area (Å²) in [6.45, 7) is 3.03. The van der Waals surface area contributed by atoms with Crippen molar-refractivity contribution in [2.75, 3.05) is 19.8 Å². The van der Waals surface area contributed by atoms with E-state index in [9.17, 15) is 19.5 Å². The summed E-state index contributed by atoms with van der Waals surface area (Å²) in [5, 5.41) is 9.01. The summed E-state index contributed by atoms with van der Waals surface area (Å²) in [6.07, 6.45) is -0.0449. The van der Waals surface area contributed by atoms with E-state index in [0.29, 0.717) is 0 Å². The Balaban J connectivity index is 2.86. The largest absolute Gasteiger partial charge is 0.465 e. The highest BCUT2D eigenvalue weighted by Gasteiger charge is 2.53. The molecular weight excluding hydrogens is 290 g/mol. The summed E-state index contributed by atoms with van der Waals surface area (Å²) < 4.78 is 9.46. The third kappa shape index (κ3) is 3.40. The van der Waals surface area contributed by atoms with E-state index in [1.807, 2.05) is 0 Å². The van der Waals surface area contributed by atoms with Gasteiger partial charge in [0, 0.05) is 12.8 Å². The van der Waals surface area contributed by atoms with Crippen molar-refractivity contribution in [1.82, 2.24) is 4.90 Å². The van der Waals surface area contributed by atoms with E-state index < -0.39 is 35.5 Å². The van der Waals surface area contributed by atoms with Crippen molar-refractivity contribution in [3.05, 3.63) is 0 Å². The predicted octanol–water partition coefficient (Wildman–Crippen LogP) is 0.0310. The zero-order valence-corrected chi connectivity index (χ0v) is 12.2. The number of carbonyl (C=O) groups excluding carboxylic acids is 3. The Bertz CT molecular complexity index is 401. The summed E-state index contributed by atoms with van der Waals surface area (Å²) in [4.78, 5) is 35.7. The number of halogens is 1. The zero-order valence-electron chi connectivity index (χ0n) is 11.4. The molecule has 1 aliphatic rings. The summed E-state index contributed by atoms with van der Waals surface area (Å²) in [5.41, 5.74) is -1.93. The molecule has 0 bridgehead atoms. The van der Waals surface area contributed by atoms with Crippen LogP contribution in [0, 0.1) is 0 Å². The predicted molar refractivity (Wildman–Crippen MR) is 68.8 cm³/mol. The summed E-state index contributed by atoms with van der Waals surface area (Å²) in [6, 6.07) is 0. The molecule has 0 radical (unpaired) electrons. The van der Waals surface area contributed by atoms with Crippen LogP contribution in [-0.4, -0.2) is 58.7 Å². The van der Waals surface area contributed by atoms with Crippen LogP contribution < -0.4 is 0 Å². The molecule has 0 aromatic rings. The summed E-state index contributed by atoms with van der Waals surface area (Å²) in [7, 11) is 0. The van der Waals surface area contributed by atoms with Crippen LogP contribution in [0.25, 0.3) is 0 Å². The van der Waals surface area contributed by atoms with E-state index in [4.69, 9.17) is 21.1 Å². The molecule has 1 N–H and O–H groups in total. The number of ether oxygens (including phenoxy) is 2. The third-order valence-corrected chi connectivity index (χ3v) is 3.49. The van der Waals surface area contributed by atoms with Crippen molar-refractivity contribution in [3.63, 3.8) is 0 Å². The van der Waals surface area contributed by atoms with Gasteiger partial charge in [0.25, 0.3) is 0 Å². The second-order valence-electron chi connectivity index (χ2n) is 4.28. The third-order valence-electron chi connectivity index (χ3n) is 2.97. The normalized spacial score (nSPS) is 23.6. The van der Waals surface area contributed by atoms with Gasteiger partial charge >= 0.3 is 11.9 Å². The van der Waals surface area contributed by atoms with Crippen molar-refractivity contribution in [2.24, 2.45) is 0 Å². The lowest BCUT2D eigenvalue weighted by atomic mass is 10.1. The fraction of sp³-hybridized carbons (Fsp3) is 0.750. The van der Waals surface area contributed by atoms with E-state index in [1.165, 1.54) is 0 Å². The van der Waals surface area contributed by atoms with Gasteiger partial charge in [0.2, 0.25) is 5.91 Å². The Kier molecular flexibility index (Phi) is 5.76. The highest BCUT2D eigenvalue weighted by Crippen LogP contribution is 2.34. The number of hydrogen-bond donors (Lipinski definition) is 1. The molecule has 7 nitrogen and oxygen atoms in total. The van der Waals surface area contributed by atoms with Gasteiger partial charge in [0.1, 0.15) is 6.54 Å². The Morgan fingerprint density at radius 3 is 2.55 bits per heavy atom. The van der Waals surface area contributed by atoms with Crippen LogP contribution in [0.3, 0.4) is 0 Å². The topological polar surface area (TPSA) is 93.1 Å². The molecule has 0 aliphatic carbocycles. The minimum atomic E-state index is -1.93. The van der Waals surface area contributed by atoms with E-state index in [0.717, 1.165) is 4.90 Å². The molecule has 0 spiro atoms. The molecule has 0 saturated carbocycles. The molecule has 1 rings (SSSR count). The summed E-state index contributed by atoms with van der Waals surface area (Å²) >= 11 is 5.91. The van der Waals surface area contributed by atoms with Gasteiger partial charge in [-0.1, -0.05) is 0 Å². The van der Waals surface area contributed by atoms with Crippen molar-refractivity contribution < 1.29 is 29.0 Å². The molecule has 114 valence electrons. The molecule has 2 atom stereocenters. The van der Waals surface area contributed by atoms with Gasteiger partial charge in [0.05, 0.1) is 13.2 Å². The number of likely N-dealkylation sites (tertiary alicyclic amines) is 1. The monoisotopic (exact) mass is 307 g/mol. The van der Waals surface area contributed by atoms with Crippen molar-refractivity contribution >= 4 is 29.4 Å². The molecular formula is C12H18ClNO6.